The van der Waals surface area contributed by atoms with Crippen LogP contribution in [-0.4, -0.2) is 4.98 Å². The van der Waals surface area contributed by atoms with Crippen LogP contribution in [0.25, 0.3) is 44.5 Å². The summed E-state index contributed by atoms with van der Waals surface area (Å²) >= 11 is 1.27. The first-order chi connectivity index (χ1) is 17.3. The lowest BCUT2D eigenvalue weighted by atomic mass is 9.91. The molecule has 0 aliphatic heterocycles. The molecular weight excluding hydrogens is 448 g/mol. The van der Waals surface area contributed by atoms with E-state index in [1.54, 1.807) is 0 Å². The highest BCUT2D eigenvalue weighted by atomic mass is 32.2. The fraction of sp³-hybridized carbons (Fsp3) is 0. The van der Waals surface area contributed by atoms with E-state index in [0.29, 0.717) is 5.22 Å². The van der Waals surface area contributed by atoms with Crippen molar-refractivity contribution in [3.8, 4) is 33.4 Å². The van der Waals surface area contributed by atoms with E-state index in [-0.39, 0.29) is 0 Å². The van der Waals surface area contributed by atoms with Crippen molar-refractivity contribution in [2.45, 2.75) is 5.22 Å². The van der Waals surface area contributed by atoms with E-state index in [2.05, 4.69) is 89.9 Å². The lowest BCUT2D eigenvalue weighted by Crippen LogP contribution is -1.96. The molecule has 0 fully saturated rings. The number of benzene rings is 5. The Labute approximate surface area is 208 Å². The van der Waals surface area contributed by atoms with Crippen molar-refractivity contribution in [3.63, 3.8) is 0 Å². The van der Waals surface area contributed by atoms with E-state index in [4.69, 9.17) is 9.14 Å². The Bertz CT molecular complexity index is 1490. The summed E-state index contributed by atoms with van der Waals surface area (Å²) in [6, 6.07) is 43.5. The van der Waals surface area contributed by atoms with Gasteiger partial charge in [0.1, 0.15) is 5.52 Å². The summed E-state index contributed by atoms with van der Waals surface area (Å²) in [7, 11) is 0. The molecule has 0 saturated carbocycles. The minimum Gasteiger partial charge on any atom is -0.430 e. The van der Waals surface area contributed by atoms with Gasteiger partial charge in [-0.2, -0.15) is 0 Å². The molecule has 1 radical (unpaired) electrons. The molecule has 0 bridgehead atoms. The number of fused-ring (bicyclic) bond motifs is 1. The second-order valence-corrected chi connectivity index (χ2v) is 8.86. The largest absolute Gasteiger partial charge is 0.430 e. The van der Waals surface area contributed by atoms with Crippen LogP contribution in [0.1, 0.15) is 0 Å². The van der Waals surface area contributed by atoms with Crippen LogP contribution in [-0.2, 0) is 0 Å². The minimum atomic E-state index is 0.524. The predicted octanol–water partition coefficient (Wildman–Crippen LogP) is 8.77. The fourth-order valence-corrected chi connectivity index (χ4v) is 4.81. The molecule has 1 aromatic heterocycles. The van der Waals surface area contributed by atoms with E-state index in [0.717, 1.165) is 44.6 Å². The van der Waals surface area contributed by atoms with Gasteiger partial charge in [0, 0.05) is 11.1 Å². The number of hydrogen-bond acceptors (Lipinski definition) is 3. The van der Waals surface area contributed by atoms with E-state index < -0.39 is 0 Å². The van der Waals surface area contributed by atoms with Crippen LogP contribution in [0.3, 0.4) is 0 Å². The van der Waals surface area contributed by atoms with Gasteiger partial charge in [-0.05, 0) is 46.5 Å². The van der Waals surface area contributed by atoms with E-state index in [9.17, 15) is 0 Å². The smallest absolute Gasteiger partial charge is 0.279 e. The molecule has 0 aliphatic rings. The number of rotatable bonds is 6. The zero-order chi connectivity index (χ0) is 23.5. The zero-order valence-corrected chi connectivity index (χ0v) is 19.7. The molecule has 35 heavy (non-hydrogen) atoms. The molecule has 6 aromatic rings. The van der Waals surface area contributed by atoms with Gasteiger partial charge < -0.3 is 4.42 Å². The van der Waals surface area contributed by atoms with E-state index in [1.165, 1.54) is 17.5 Å². The van der Waals surface area contributed by atoms with Crippen molar-refractivity contribution in [2.24, 2.45) is 0 Å². The number of aromatic nitrogens is 1. The maximum Gasteiger partial charge on any atom is 0.279 e. The van der Waals surface area contributed by atoms with Crippen molar-refractivity contribution in [2.75, 3.05) is 0 Å². The first-order valence-corrected chi connectivity index (χ1v) is 12.2. The highest BCUT2D eigenvalue weighted by molar-refractivity contribution is 7.97. The highest BCUT2D eigenvalue weighted by Gasteiger charge is 2.18. The van der Waals surface area contributed by atoms with Crippen LogP contribution < -0.4 is 4.72 Å². The molecule has 0 unspecified atom stereocenters. The molecule has 0 amide bonds. The average Bonchev–Trinajstić information content (AvgIpc) is 3.36. The molecule has 0 saturated heterocycles. The van der Waals surface area contributed by atoms with E-state index in [1.807, 2.05) is 42.5 Å². The van der Waals surface area contributed by atoms with Gasteiger partial charge in [0.15, 0.2) is 5.58 Å². The first-order valence-electron chi connectivity index (χ1n) is 11.4. The average molecular weight is 470 g/mol. The van der Waals surface area contributed by atoms with Gasteiger partial charge in [0.2, 0.25) is 0 Å². The zero-order valence-electron chi connectivity index (χ0n) is 18.8. The van der Waals surface area contributed by atoms with Gasteiger partial charge in [0.25, 0.3) is 5.22 Å². The third-order valence-electron chi connectivity index (χ3n) is 5.88. The summed E-state index contributed by atoms with van der Waals surface area (Å²) in [5.74, 6) is 0. The monoisotopic (exact) mass is 469 g/mol. The molecule has 1 heterocycles. The third-order valence-corrected chi connectivity index (χ3v) is 6.48. The van der Waals surface area contributed by atoms with Crippen LogP contribution >= 0.6 is 11.9 Å². The molecule has 0 atom stereocenters. The Morgan fingerprint density at radius 3 is 1.63 bits per heavy atom. The lowest BCUT2D eigenvalue weighted by molar-refractivity contribution is 0.489. The summed E-state index contributed by atoms with van der Waals surface area (Å²) < 4.78 is 11.0. The Hall–Kier alpha value is -4.28. The summed E-state index contributed by atoms with van der Waals surface area (Å²) in [6.45, 7) is 0. The molecule has 3 nitrogen and oxygen atoms in total. The highest BCUT2D eigenvalue weighted by Crippen LogP contribution is 2.43. The van der Waals surface area contributed by atoms with Gasteiger partial charge >= 0.3 is 0 Å². The number of nitrogens with zero attached hydrogens (tertiary/aromatic N) is 2. The van der Waals surface area contributed by atoms with Crippen molar-refractivity contribution in [3.05, 3.63) is 127 Å². The van der Waals surface area contributed by atoms with Crippen molar-refractivity contribution < 1.29 is 4.42 Å². The normalized spacial score (nSPS) is 11.0. The predicted molar refractivity (Wildman–Crippen MR) is 144 cm³/mol. The minimum absolute atomic E-state index is 0.524. The summed E-state index contributed by atoms with van der Waals surface area (Å²) in [5.41, 5.74) is 9.15. The summed E-state index contributed by atoms with van der Waals surface area (Å²) in [4.78, 5) is 4.60. The molecule has 0 N–H and O–H groups in total. The van der Waals surface area contributed by atoms with Gasteiger partial charge in [0.05, 0.1) is 17.6 Å². The number of para-hydroxylation sites is 2. The third kappa shape index (κ3) is 4.44. The maximum atomic E-state index is 5.93. The van der Waals surface area contributed by atoms with Gasteiger partial charge in [-0.15, -0.1) is 0 Å². The standard InChI is InChI=1S/C31H21N2OS/c1-4-12-22(13-5-1)25-20-26(23-14-6-2-7-15-23)30(27(21-25)24-16-8-3-9-17-24)33-35-31-32-28-18-10-11-19-29(28)34-31/h1-21H. The van der Waals surface area contributed by atoms with Gasteiger partial charge in [-0.25, -0.2) is 9.71 Å². The molecule has 0 aliphatic carbocycles. The van der Waals surface area contributed by atoms with E-state index >= 15 is 0 Å². The van der Waals surface area contributed by atoms with Crippen LogP contribution in [0.15, 0.2) is 137 Å². The molecule has 6 rings (SSSR count). The summed E-state index contributed by atoms with van der Waals surface area (Å²) in [5, 5.41) is 0.524. The molecule has 0 spiro atoms. The second kappa shape index (κ2) is 9.53. The van der Waals surface area contributed by atoms with Crippen molar-refractivity contribution >= 4 is 28.7 Å². The summed E-state index contributed by atoms with van der Waals surface area (Å²) in [6.07, 6.45) is 0. The Morgan fingerprint density at radius 2 is 1.06 bits per heavy atom. The van der Waals surface area contributed by atoms with Crippen molar-refractivity contribution in [1.82, 2.24) is 9.71 Å². The Balaban J connectivity index is 1.52. The first kappa shape index (κ1) is 21.3. The van der Waals surface area contributed by atoms with Crippen LogP contribution in [0, 0.1) is 0 Å². The van der Waals surface area contributed by atoms with Crippen LogP contribution in [0.4, 0.5) is 5.69 Å². The van der Waals surface area contributed by atoms with Crippen LogP contribution in [0.2, 0.25) is 0 Å². The van der Waals surface area contributed by atoms with Crippen LogP contribution in [0.5, 0.6) is 0 Å². The second-order valence-electron chi connectivity index (χ2n) is 8.15. The van der Waals surface area contributed by atoms with Crippen molar-refractivity contribution in [1.29, 1.82) is 0 Å². The molecular formula is C31H21N2OS. The molecule has 4 heteroatoms. The maximum absolute atomic E-state index is 5.93. The topological polar surface area (TPSA) is 40.1 Å². The van der Waals surface area contributed by atoms with Gasteiger partial charge in [-0.3, -0.25) is 0 Å². The quantitative estimate of drug-likeness (QED) is 0.229. The Morgan fingerprint density at radius 1 is 0.543 bits per heavy atom. The number of oxazole rings is 1. The molecule has 167 valence electrons. The SMILES string of the molecule is c1ccc(-c2cc(-c3ccccc3)c([N]Sc3nc4ccccc4o3)c(-c3ccccc3)c2)cc1. The van der Waals surface area contributed by atoms with Gasteiger partial charge in [-0.1, -0.05) is 103 Å². The molecule has 5 aromatic carbocycles. The lowest BCUT2D eigenvalue weighted by Gasteiger charge is -2.17. The number of hydrogen-bond donors (Lipinski definition) is 0. The fourth-order valence-electron chi connectivity index (χ4n) is 4.18. The Kier molecular flexibility index (Phi) is 5.79.